The average Bonchev–Trinajstić information content (AvgIpc) is 3.63. The molecule has 2 heterocycles. The van der Waals surface area contributed by atoms with E-state index in [9.17, 15) is 19.2 Å². The molecule has 10 heteroatoms. The number of anilines is 2. The van der Waals surface area contributed by atoms with Crippen LogP contribution in [0.4, 0.5) is 16.2 Å². The van der Waals surface area contributed by atoms with E-state index in [1.165, 1.54) is 16.7 Å². The van der Waals surface area contributed by atoms with Crippen LogP contribution in [0.25, 0.3) is 22.3 Å². The number of likely N-dealkylation sites (tertiary alicyclic amines) is 1. The highest BCUT2D eigenvalue weighted by molar-refractivity contribution is 6.01. The Morgan fingerprint density at radius 2 is 1.70 bits per heavy atom. The van der Waals surface area contributed by atoms with Crippen molar-refractivity contribution in [3.8, 4) is 11.3 Å². The molecule has 44 heavy (non-hydrogen) atoms. The summed E-state index contributed by atoms with van der Waals surface area (Å²) >= 11 is 0. The molecule has 0 unspecified atom stereocenters. The van der Waals surface area contributed by atoms with Gasteiger partial charge in [0, 0.05) is 35.8 Å². The molecule has 1 aromatic heterocycles. The van der Waals surface area contributed by atoms with E-state index in [1.807, 2.05) is 24.3 Å². The van der Waals surface area contributed by atoms with Gasteiger partial charge in [-0.05, 0) is 87.7 Å². The van der Waals surface area contributed by atoms with Gasteiger partial charge in [0.25, 0.3) is 5.91 Å². The van der Waals surface area contributed by atoms with Crippen LogP contribution in [0.1, 0.15) is 52.1 Å². The number of carbonyl (C=O) groups is 4. The zero-order chi connectivity index (χ0) is 31.6. The lowest BCUT2D eigenvalue weighted by Crippen LogP contribution is -2.51. The van der Waals surface area contributed by atoms with Gasteiger partial charge < -0.3 is 25.1 Å². The number of hydrogen-bond acceptors (Lipinski definition) is 6. The minimum atomic E-state index is -1.13. The molecule has 5 rings (SSSR count). The number of ether oxygens (including phenoxy) is 1. The average molecular weight is 597 g/mol. The normalized spacial score (nSPS) is 15.5. The van der Waals surface area contributed by atoms with Crippen molar-refractivity contribution in [2.24, 2.45) is 5.73 Å². The van der Waals surface area contributed by atoms with Crippen molar-refractivity contribution in [1.82, 2.24) is 4.90 Å². The monoisotopic (exact) mass is 596 g/mol. The van der Waals surface area contributed by atoms with Crippen molar-refractivity contribution in [2.75, 3.05) is 16.8 Å². The Kier molecular flexibility index (Phi) is 8.44. The summed E-state index contributed by atoms with van der Waals surface area (Å²) < 4.78 is 12.0. The summed E-state index contributed by atoms with van der Waals surface area (Å²) in [6.45, 7) is 7.07. The standard InChI is InChI=1S/C34H36N4O6/c1-21(39)36-25-14-12-22(13-15-25)29-20-24-19-26(16-17-28(24)43-29)38(33(42)44-34(2,3)4)30(23-9-6-5-7-10-23)32(41)37-18-8-11-27(37)31(35)40/h5-7,9-10,12-17,19-20,27,30H,8,11,18H2,1-4H3,(H2,35,40)(H,36,39)/t27-,30+/m0/s1. The van der Waals surface area contributed by atoms with Gasteiger partial charge in [-0.15, -0.1) is 0 Å². The Bertz CT molecular complexity index is 1690. The second kappa shape index (κ2) is 12.2. The van der Waals surface area contributed by atoms with Crippen molar-refractivity contribution in [1.29, 1.82) is 0 Å². The lowest BCUT2D eigenvalue weighted by Gasteiger charge is -2.36. The number of fused-ring (bicyclic) bond motifs is 1. The molecule has 1 aliphatic heterocycles. The van der Waals surface area contributed by atoms with Crippen LogP contribution in [0.3, 0.4) is 0 Å². The molecule has 3 N–H and O–H groups in total. The Labute approximate surface area is 255 Å². The smallest absolute Gasteiger partial charge is 0.415 e. The predicted molar refractivity (Wildman–Crippen MR) is 168 cm³/mol. The minimum Gasteiger partial charge on any atom is -0.456 e. The van der Waals surface area contributed by atoms with E-state index in [0.717, 1.165) is 5.56 Å². The molecule has 0 radical (unpaired) electrons. The van der Waals surface area contributed by atoms with Crippen molar-refractivity contribution < 1.29 is 28.3 Å². The summed E-state index contributed by atoms with van der Waals surface area (Å²) in [5.41, 5.74) is 7.84. The topological polar surface area (TPSA) is 135 Å². The van der Waals surface area contributed by atoms with Gasteiger partial charge in [0.1, 0.15) is 29.0 Å². The predicted octanol–water partition coefficient (Wildman–Crippen LogP) is 6.02. The summed E-state index contributed by atoms with van der Waals surface area (Å²) in [4.78, 5) is 54.7. The van der Waals surface area contributed by atoms with Crippen molar-refractivity contribution in [3.63, 3.8) is 0 Å². The zero-order valence-corrected chi connectivity index (χ0v) is 25.2. The molecule has 1 aliphatic rings. The highest BCUT2D eigenvalue weighted by atomic mass is 16.6. The third kappa shape index (κ3) is 6.59. The number of carbonyl (C=O) groups excluding carboxylic acids is 4. The van der Waals surface area contributed by atoms with Crippen molar-refractivity contribution >= 4 is 46.2 Å². The van der Waals surface area contributed by atoms with Gasteiger partial charge in [0.15, 0.2) is 0 Å². The zero-order valence-electron chi connectivity index (χ0n) is 25.2. The Hall–Kier alpha value is -5.12. The first-order valence-electron chi connectivity index (χ1n) is 14.5. The molecular weight excluding hydrogens is 560 g/mol. The largest absolute Gasteiger partial charge is 0.456 e. The highest BCUT2D eigenvalue weighted by Gasteiger charge is 2.42. The fourth-order valence-corrected chi connectivity index (χ4v) is 5.44. The third-order valence-corrected chi connectivity index (χ3v) is 7.33. The van der Waals surface area contributed by atoms with Gasteiger partial charge in [-0.2, -0.15) is 0 Å². The van der Waals surface area contributed by atoms with Crippen molar-refractivity contribution in [3.05, 3.63) is 84.4 Å². The van der Waals surface area contributed by atoms with Crippen LogP contribution >= 0.6 is 0 Å². The van der Waals surface area contributed by atoms with Gasteiger partial charge in [0.2, 0.25) is 11.8 Å². The molecule has 0 bridgehead atoms. The van der Waals surface area contributed by atoms with E-state index in [0.29, 0.717) is 53.1 Å². The molecular formula is C34H36N4O6. The fourth-order valence-electron chi connectivity index (χ4n) is 5.44. The SMILES string of the molecule is CC(=O)Nc1ccc(-c2cc3cc(N(C(=O)OC(C)(C)C)[C@@H](C(=O)N4CCC[C@H]4C(N)=O)c4ccccc4)ccc3o2)cc1. The van der Waals surface area contributed by atoms with E-state index >= 15 is 0 Å². The quantitative estimate of drug-likeness (QED) is 0.268. The molecule has 4 aromatic rings. The van der Waals surface area contributed by atoms with Crippen LogP contribution in [0.5, 0.6) is 0 Å². The first-order chi connectivity index (χ1) is 20.9. The lowest BCUT2D eigenvalue weighted by molar-refractivity contribution is -0.138. The first kappa shape index (κ1) is 30.3. The van der Waals surface area contributed by atoms with Gasteiger partial charge in [-0.1, -0.05) is 30.3 Å². The molecule has 1 fully saturated rings. The Balaban J connectivity index is 1.59. The minimum absolute atomic E-state index is 0.161. The van der Waals surface area contributed by atoms with Crippen LogP contribution in [0.2, 0.25) is 0 Å². The van der Waals surface area contributed by atoms with Crippen LogP contribution in [-0.2, 0) is 19.1 Å². The van der Waals surface area contributed by atoms with E-state index in [4.69, 9.17) is 14.9 Å². The number of primary amides is 1. The first-order valence-corrected chi connectivity index (χ1v) is 14.5. The Morgan fingerprint density at radius 3 is 2.34 bits per heavy atom. The van der Waals surface area contributed by atoms with Crippen LogP contribution in [0.15, 0.2) is 83.3 Å². The number of furan rings is 1. The van der Waals surface area contributed by atoms with Gasteiger partial charge in [0.05, 0.1) is 0 Å². The molecule has 10 nitrogen and oxygen atoms in total. The van der Waals surface area contributed by atoms with Crippen LogP contribution in [-0.4, -0.2) is 46.9 Å². The maximum absolute atomic E-state index is 14.3. The van der Waals surface area contributed by atoms with E-state index in [2.05, 4.69) is 5.32 Å². The number of nitrogens with two attached hydrogens (primary N) is 1. The molecule has 0 aliphatic carbocycles. The number of benzene rings is 3. The maximum Gasteiger partial charge on any atom is 0.415 e. The number of amides is 4. The Morgan fingerprint density at radius 1 is 1.00 bits per heavy atom. The molecule has 3 aromatic carbocycles. The molecule has 1 saturated heterocycles. The summed E-state index contributed by atoms with van der Waals surface area (Å²) in [5.74, 6) is -0.572. The number of nitrogens with one attached hydrogen (secondary N) is 1. The maximum atomic E-state index is 14.3. The summed E-state index contributed by atoms with van der Waals surface area (Å²) in [6, 6.07) is 21.4. The van der Waals surface area contributed by atoms with Gasteiger partial charge in [-0.25, -0.2) is 4.79 Å². The number of hydrogen-bond donors (Lipinski definition) is 2. The second-order valence-electron chi connectivity index (χ2n) is 11.8. The van der Waals surface area contributed by atoms with Gasteiger partial charge >= 0.3 is 6.09 Å². The number of rotatable bonds is 7. The fraction of sp³-hybridized carbons (Fsp3) is 0.294. The highest BCUT2D eigenvalue weighted by Crippen LogP contribution is 2.37. The van der Waals surface area contributed by atoms with Crippen LogP contribution in [0, 0.1) is 0 Å². The van der Waals surface area contributed by atoms with Crippen molar-refractivity contribution in [2.45, 2.75) is 58.2 Å². The molecule has 0 spiro atoms. The molecule has 0 saturated carbocycles. The lowest BCUT2D eigenvalue weighted by atomic mass is 10.0. The number of nitrogens with zero attached hydrogens (tertiary/aromatic N) is 2. The second-order valence-corrected chi connectivity index (χ2v) is 11.8. The molecule has 2 atom stereocenters. The van der Waals surface area contributed by atoms with Crippen LogP contribution < -0.4 is 16.0 Å². The molecule has 4 amide bonds. The van der Waals surface area contributed by atoms with E-state index < -0.39 is 35.6 Å². The molecule has 228 valence electrons. The third-order valence-electron chi connectivity index (χ3n) is 7.33. The van der Waals surface area contributed by atoms with E-state index in [1.54, 1.807) is 75.4 Å². The summed E-state index contributed by atoms with van der Waals surface area (Å²) in [5, 5.41) is 3.44. The van der Waals surface area contributed by atoms with Gasteiger partial charge in [-0.3, -0.25) is 19.3 Å². The van der Waals surface area contributed by atoms with E-state index in [-0.39, 0.29) is 5.91 Å². The summed E-state index contributed by atoms with van der Waals surface area (Å²) in [6.07, 6.45) is 0.374. The summed E-state index contributed by atoms with van der Waals surface area (Å²) in [7, 11) is 0.